The van der Waals surface area contributed by atoms with Crippen LogP contribution in [0.1, 0.15) is 13.8 Å². The highest BCUT2D eigenvalue weighted by Gasteiger charge is 2.29. The molecular weight excluding hydrogens is 382 g/mol. The topological polar surface area (TPSA) is 41.1 Å². The number of quaternary nitrogens is 1. The third kappa shape index (κ3) is 5.59. The van der Waals surface area contributed by atoms with Crippen molar-refractivity contribution in [2.24, 2.45) is 0 Å². The number of hydrogen-bond acceptors (Lipinski definition) is 2. The van der Waals surface area contributed by atoms with Crippen LogP contribution in [0.5, 0.6) is 0 Å². The van der Waals surface area contributed by atoms with E-state index in [9.17, 15) is 4.79 Å². The highest BCUT2D eigenvalue weighted by molar-refractivity contribution is 5.97. The summed E-state index contributed by atoms with van der Waals surface area (Å²) in [6.07, 6.45) is 0. The minimum absolute atomic E-state index is 0. The average molecular weight is 410 g/mol. The molecule has 0 aliphatic carbocycles. The number of amides is 1. The Balaban J connectivity index is 0.00000300. The van der Waals surface area contributed by atoms with Gasteiger partial charge in [0, 0.05) is 5.69 Å². The molecule has 0 aliphatic rings. The predicted octanol–water partition coefficient (Wildman–Crippen LogP) is 2.42. The Kier molecular flexibility index (Phi) is 8.25. The lowest BCUT2D eigenvalue weighted by Crippen LogP contribution is -3.00. The van der Waals surface area contributed by atoms with Crippen molar-refractivity contribution in [2.75, 3.05) is 30.3 Å². The largest absolute Gasteiger partial charge is 1.00 e. The van der Waals surface area contributed by atoms with Crippen LogP contribution in [0.25, 0.3) is 0 Å². The Morgan fingerprint density at radius 1 is 0.759 bits per heavy atom. The second kappa shape index (κ2) is 10.6. The molecule has 29 heavy (non-hydrogen) atoms. The van der Waals surface area contributed by atoms with Gasteiger partial charge in [0.1, 0.15) is 5.69 Å². The molecule has 3 aromatic carbocycles. The molecule has 0 fully saturated rings. The number of likely N-dealkylation sites (N-methyl/N-ethyl adjacent to an activating group) is 1. The van der Waals surface area contributed by atoms with Gasteiger partial charge in [-0.25, -0.2) is 0 Å². The second-order valence-corrected chi connectivity index (χ2v) is 6.86. The molecule has 0 aliphatic heterocycles. The molecule has 3 aromatic rings. The number of nitrogens with zero attached hydrogens (tertiary/aromatic N) is 1. The molecule has 2 N–H and O–H groups in total. The summed E-state index contributed by atoms with van der Waals surface area (Å²) in [5, 5.41) is 6.49. The van der Waals surface area contributed by atoms with Crippen molar-refractivity contribution >= 4 is 28.7 Å². The molecule has 0 spiro atoms. The number of carbonyl (C=O) groups is 1. The Morgan fingerprint density at radius 3 is 1.86 bits per heavy atom. The molecule has 0 bridgehead atoms. The maximum atomic E-state index is 13.0. The number of para-hydroxylation sites is 4. The molecule has 3 rings (SSSR count). The number of rotatable bonds is 8. The van der Waals surface area contributed by atoms with E-state index in [0.717, 1.165) is 30.2 Å². The summed E-state index contributed by atoms with van der Waals surface area (Å²) in [5.41, 5.74) is 3.82. The van der Waals surface area contributed by atoms with Crippen LogP contribution in [0, 0.1) is 0 Å². The average Bonchev–Trinajstić information content (AvgIpc) is 2.75. The van der Waals surface area contributed by atoms with E-state index in [-0.39, 0.29) is 18.3 Å². The lowest BCUT2D eigenvalue weighted by Gasteiger charge is -2.35. The SMILES string of the molecule is CC[N+](CC)(CC(=O)Nc1ccccc1Nc1ccccc1)c1ccccc1.[Cl-]. The third-order valence-corrected chi connectivity index (χ3v) is 5.21. The van der Waals surface area contributed by atoms with Crippen molar-refractivity contribution in [3.63, 3.8) is 0 Å². The van der Waals surface area contributed by atoms with Gasteiger partial charge in [0.15, 0.2) is 6.54 Å². The van der Waals surface area contributed by atoms with E-state index in [1.807, 2.05) is 72.8 Å². The van der Waals surface area contributed by atoms with E-state index >= 15 is 0 Å². The van der Waals surface area contributed by atoms with Crippen LogP contribution >= 0.6 is 0 Å². The second-order valence-electron chi connectivity index (χ2n) is 6.86. The zero-order valence-electron chi connectivity index (χ0n) is 16.9. The standard InChI is InChI=1S/C24H27N3O.ClH/c1-3-27(4-2,21-15-9-6-10-16-21)19-24(28)26-23-18-12-11-17-22(23)25-20-13-7-5-8-14-20;/h5-18,25H,3-4,19H2,1-2H3;1H. The predicted molar refractivity (Wildman–Crippen MR) is 119 cm³/mol. The van der Waals surface area contributed by atoms with Crippen molar-refractivity contribution < 1.29 is 17.2 Å². The van der Waals surface area contributed by atoms with Crippen molar-refractivity contribution in [3.05, 3.63) is 84.9 Å². The molecule has 152 valence electrons. The summed E-state index contributed by atoms with van der Waals surface area (Å²) in [6, 6.07) is 28.0. The first kappa shape index (κ1) is 22.5. The van der Waals surface area contributed by atoms with Gasteiger partial charge in [-0.1, -0.05) is 48.5 Å². The number of nitrogens with one attached hydrogen (secondary N) is 2. The van der Waals surface area contributed by atoms with Crippen LogP contribution in [-0.2, 0) is 4.79 Å². The summed E-state index contributed by atoms with van der Waals surface area (Å²) in [5.74, 6) is 0.00913. The molecule has 0 saturated carbocycles. The summed E-state index contributed by atoms with van der Waals surface area (Å²) in [7, 11) is 0. The molecule has 0 atom stereocenters. The molecule has 4 nitrogen and oxygen atoms in total. The van der Waals surface area contributed by atoms with E-state index in [1.165, 1.54) is 5.69 Å². The molecule has 0 saturated heterocycles. The van der Waals surface area contributed by atoms with Crippen LogP contribution in [-0.4, -0.2) is 25.5 Å². The summed E-state index contributed by atoms with van der Waals surface area (Å²) < 4.78 is 0.626. The van der Waals surface area contributed by atoms with E-state index in [0.29, 0.717) is 11.0 Å². The third-order valence-electron chi connectivity index (χ3n) is 5.21. The van der Waals surface area contributed by atoms with Gasteiger partial charge >= 0.3 is 0 Å². The van der Waals surface area contributed by atoms with Crippen LogP contribution < -0.4 is 27.5 Å². The van der Waals surface area contributed by atoms with Crippen LogP contribution in [0.4, 0.5) is 22.7 Å². The molecule has 0 aromatic heterocycles. The fraction of sp³-hybridized carbons (Fsp3) is 0.208. The highest BCUT2D eigenvalue weighted by atomic mass is 35.5. The quantitative estimate of drug-likeness (QED) is 0.561. The summed E-state index contributed by atoms with van der Waals surface area (Å²) in [6.45, 7) is 6.38. The molecule has 5 heteroatoms. The van der Waals surface area contributed by atoms with Gasteiger partial charge in [0.25, 0.3) is 5.91 Å². The van der Waals surface area contributed by atoms with E-state index in [4.69, 9.17) is 0 Å². The van der Waals surface area contributed by atoms with Crippen molar-refractivity contribution in [3.8, 4) is 0 Å². The Bertz CT molecular complexity index is 896. The van der Waals surface area contributed by atoms with Crippen molar-refractivity contribution in [1.29, 1.82) is 0 Å². The molecule has 1 amide bonds. The monoisotopic (exact) mass is 409 g/mol. The first-order valence-corrected chi connectivity index (χ1v) is 9.79. The normalized spacial score (nSPS) is 10.7. The van der Waals surface area contributed by atoms with Gasteiger partial charge < -0.3 is 23.0 Å². The van der Waals surface area contributed by atoms with Gasteiger partial charge in [-0.2, -0.15) is 0 Å². The number of benzene rings is 3. The van der Waals surface area contributed by atoms with Gasteiger partial charge in [-0.05, 0) is 50.2 Å². The van der Waals surface area contributed by atoms with Crippen LogP contribution in [0.3, 0.4) is 0 Å². The van der Waals surface area contributed by atoms with Gasteiger partial charge in [0.2, 0.25) is 0 Å². The lowest BCUT2D eigenvalue weighted by atomic mass is 10.2. The smallest absolute Gasteiger partial charge is 0.280 e. The minimum Gasteiger partial charge on any atom is -1.00 e. The summed E-state index contributed by atoms with van der Waals surface area (Å²) in [4.78, 5) is 13.0. The summed E-state index contributed by atoms with van der Waals surface area (Å²) >= 11 is 0. The molecular formula is C24H28ClN3O. The highest BCUT2D eigenvalue weighted by Crippen LogP contribution is 2.26. The van der Waals surface area contributed by atoms with Crippen molar-refractivity contribution in [2.45, 2.75) is 13.8 Å². The number of hydrogen-bond donors (Lipinski definition) is 2. The van der Waals surface area contributed by atoms with Gasteiger partial charge in [-0.15, -0.1) is 0 Å². The zero-order valence-corrected chi connectivity index (χ0v) is 17.7. The number of anilines is 3. The van der Waals surface area contributed by atoms with Gasteiger partial charge in [-0.3, -0.25) is 9.28 Å². The minimum atomic E-state index is 0. The van der Waals surface area contributed by atoms with Crippen molar-refractivity contribution in [1.82, 2.24) is 4.48 Å². The Labute approximate surface area is 179 Å². The number of carbonyl (C=O) groups excluding carboxylic acids is 1. The molecule has 0 radical (unpaired) electrons. The van der Waals surface area contributed by atoms with Crippen LogP contribution in [0.15, 0.2) is 84.9 Å². The van der Waals surface area contributed by atoms with E-state index in [1.54, 1.807) is 0 Å². The Hall–Kier alpha value is -2.82. The first-order chi connectivity index (χ1) is 13.7. The van der Waals surface area contributed by atoms with Crippen LogP contribution in [0.2, 0.25) is 0 Å². The number of halogens is 1. The maximum absolute atomic E-state index is 13.0. The maximum Gasteiger partial charge on any atom is 0.280 e. The van der Waals surface area contributed by atoms with Gasteiger partial charge in [0.05, 0.1) is 24.5 Å². The lowest BCUT2D eigenvalue weighted by molar-refractivity contribution is -0.117. The molecule has 0 heterocycles. The fourth-order valence-electron chi connectivity index (χ4n) is 3.49. The first-order valence-electron chi connectivity index (χ1n) is 9.79. The fourth-order valence-corrected chi connectivity index (χ4v) is 3.49. The van der Waals surface area contributed by atoms with E-state index < -0.39 is 0 Å². The molecule has 0 unspecified atom stereocenters. The Morgan fingerprint density at radius 2 is 1.28 bits per heavy atom. The zero-order chi connectivity index (χ0) is 19.8. The van der Waals surface area contributed by atoms with E-state index in [2.05, 4.69) is 36.6 Å².